The standard InChI is InChI=1S/C12H9N3O2S/c1-17-9-4-2-8(3-5-9)6-10-11(16)15-12(18-10)13-7-14-15/h2-7H,1H3/b10-6-. The number of benzene rings is 1. The van der Waals surface area contributed by atoms with Gasteiger partial charge in [0.2, 0.25) is 4.96 Å². The van der Waals surface area contributed by atoms with Crippen LogP contribution in [0.5, 0.6) is 5.75 Å². The van der Waals surface area contributed by atoms with Crippen LogP contribution in [0.25, 0.3) is 11.0 Å². The highest BCUT2D eigenvalue weighted by Gasteiger charge is 2.04. The molecule has 0 saturated carbocycles. The average Bonchev–Trinajstić information content (AvgIpc) is 2.95. The number of methoxy groups -OCH3 is 1. The van der Waals surface area contributed by atoms with Gasteiger partial charge >= 0.3 is 0 Å². The van der Waals surface area contributed by atoms with Crippen molar-refractivity contribution in [3.05, 3.63) is 51.0 Å². The molecule has 0 saturated heterocycles. The summed E-state index contributed by atoms with van der Waals surface area (Å²) in [6.45, 7) is 0. The number of thiazole rings is 1. The van der Waals surface area contributed by atoms with E-state index in [1.807, 2.05) is 30.3 Å². The molecule has 0 fully saturated rings. The molecule has 0 aliphatic rings. The summed E-state index contributed by atoms with van der Waals surface area (Å²) >= 11 is 1.33. The molecule has 0 atom stereocenters. The van der Waals surface area contributed by atoms with Gasteiger partial charge in [-0.25, -0.2) is 4.98 Å². The van der Waals surface area contributed by atoms with E-state index >= 15 is 0 Å². The molecule has 3 rings (SSSR count). The summed E-state index contributed by atoms with van der Waals surface area (Å²) in [7, 11) is 1.62. The summed E-state index contributed by atoms with van der Waals surface area (Å²) in [6, 6.07) is 7.50. The molecule has 18 heavy (non-hydrogen) atoms. The first-order valence-electron chi connectivity index (χ1n) is 5.26. The van der Waals surface area contributed by atoms with Gasteiger partial charge in [0.05, 0.1) is 11.6 Å². The molecule has 6 heteroatoms. The average molecular weight is 259 g/mol. The van der Waals surface area contributed by atoms with Gasteiger partial charge in [-0.3, -0.25) is 4.79 Å². The number of ether oxygens (including phenoxy) is 1. The van der Waals surface area contributed by atoms with E-state index in [2.05, 4.69) is 10.1 Å². The van der Waals surface area contributed by atoms with Crippen molar-refractivity contribution in [2.75, 3.05) is 7.11 Å². The number of hydrogen-bond acceptors (Lipinski definition) is 5. The van der Waals surface area contributed by atoms with Crippen molar-refractivity contribution in [2.24, 2.45) is 0 Å². The molecule has 5 nitrogen and oxygen atoms in total. The Morgan fingerprint density at radius 3 is 2.78 bits per heavy atom. The van der Waals surface area contributed by atoms with Crippen LogP contribution in [0.2, 0.25) is 0 Å². The Hall–Kier alpha value is -2.21. The van der Waals surface area contributed by atoms with Crippen LogP contribution in [0, 0.1) is 0 Å². The summed E-state index contributed by atoms with van der Waals surface area (Å²) in [6.07, 6.45) is 3.20. The van der Waals surface area contributed by atoms with Crippen LogP contribution in [0.4, 0.5) is 0 Å². The van der Waals surface area contributed by atoms with E-state index in [9.17, 15) is 4.79 Å². The van der Waals surface area contributed by atoms with Gasteiger partial charge < -0.3 is 4.74 Å². The van der Waals surface area contributed by atoms with Gasteiger partial charge in [0.25, 0.3) is 5.56 Å². The lowest BCUT2D eigenvalue weighted by Crippen LogP contribution is -2.23. The maximum Gasteiger partial charge on any atom is 0.291 e. The second-order valence-corrected chi connectivity index (χ2v) is 4.65. The van der Waals surface area contributed by atoms with E-state index in [4.69, 9.17) is 4.74 Å². The van der Waals surface area contributed by atoms with Gasteiger partial charge in [0, 0.05) is 0 Å². The van der Waals surface area contributed by atoms with Gasteiger partial charge in [0.15, 0.2) is 0 Å². The number of rotatable bonds is 2. The first kappa shape index (κ1) is 10.9. The third-order valence-electron chi connectivity index (χ3n) is 2.53. The van der Waals surface area contributed by atoms with E-state index in [0.717, 1.165) is 11.3 Å². The zero-order valence-corrected chi connectivity index (χ0v) is 10.3. The molecule has 0 unspecified atom stereocenters. The van der Waals surface area contributed by atoms with Crippen LogP contribution in [-0.2, 0) is 0 Å². The third kappa shape index (κ3) is 1.76. The summed E-state index contributed by atoms with van der Waals surface area (Å²) in [5.41, 5.74) is 0.806. The summed E-state index contributed by atoms with van der Waals surface area (Å²) in [5.74, 6) is 0.789. The highest BCUT2D eigenvalue weighted by atomic mass is 32.1. The van der Waals surface area contributed by atoms with Crippen LogP contribution in [0.1, 0.15) is 5.56 Å². The molecule has 0 spiro atoms. The zero-order chi connectivity index (χ0) is 12.5. The molecular formula is C12H9N3O2S. The van der Waals surface area contributed by atoms with Crippen molar-refractivity contribution < 1.29 is 4.74 Å². The largest absolute Gasteiger partial charge is 0.497 e. The van der Waals surface area contributed by atoms with Gasteiger partial charge in [-0.2, -0.15) is 9.61 Å². The van der Waals surface area contributed by atoms with E-state index in [0.29, 0.717) is 9.49 Å². The van der Waals surface area contributed by atoms with Crippen molar-refractivity contribution in [3.63, 3.8) is 0 Å². The smallest absolute Gasteiger partial charge is 0.291 e. The summed E-state index contributed by atoms with van der Waals surface area (Å²) < 4.78 is 7.01. The molecule has 0 aliphatic carbocycles. The summed E-state index contributed by atoms with van der Waals surface area (Å²) in [5, 5.41) is 3.87. The van der Waals surface area contributed by atoms with Gasteiger partial charge in [-0.1, -0.05) is 23.5 Å². The monoisotopic (exact) mass is 259 g/mol. The quantitative estimate of drug-likeness (QED) is 0.680. The van der Waals surface area contributed by atoms with Crippen molar-refractivity contribution >= 4 is 22.4 Å². The minimum atomic E-state index is -0.136. The first-order chi connectivity index (χ1) is 8.78. The number of fused-ring (bicyclic) bond motifs is 1. The lowest BCUT2D eigenvalue weighted by atomic mass is 10.2. The predicted octanol–water partition coefficient (Wildman–Crippen LogP) is 0.707. The Morgan fingerprint density at radius 1 is 1.33 bits per heavy atom. The number of nitrogens with zero attached hydrogens (tertiary/aromatic N) is 3. The first-order valence-corrected chi connectivity index (χ1v) is 6.08. The lowest BCUT2D eigenvalue weighted by molar-refractivity contribution is 0.415. The molecule has 0 radical (unpaired) electrons. The van der Waals surface area contributed by atoms with Crippen molar-refractivity contribution in [2.45, 2.75) is 0 Å². The van der Waals surface area contributed by atoms with Crippen LogP contribution in [0.3, 0.4) is 0 Å². The van der Waals surface area contributed by atoms with Crippen LogP contribution in [0.15, 0.2) is 35.4 Å². The zero-order valence-electron chi connectivity index (χ0n) is 9.53. The van der Waals surface area contributed by atoms with Crippen molar-refractivity contribution in [1.82, 2.24) is 14.6 Å². The molecule has 1 aromatic carbocycles. The van der Waals surface area contributed by atoms with Gasteiger partial charge in [-0.05, 0) is 23.8 Å². The second-order valence-electron chi connectivity index (χ2n) is 3.64. The van der Waals surface area contributed by atoms with Crippen molar-refractivity contribution in [3.8, 4) is 5.75 Å². The van der Waals surface area contributed by atoms with E-state index in [-0.39, 0.29) is 5.56 Å². The SMILES string of the molecule is COc1ccc(/C=c2\sc3ncnn3c2=O)cc1. The second kappa shape index (κ2) is 4.23. The predicted molar refractivity (Wildman–Crippen MR) is 68.9 cm³/mol. The third-order valence-corrected chi connectivity index (χ3v) is 3.51. The Bertz CT molecular complexity index is 789. The minimum absolute atomic E-state index is 0.136. The Balaban J connectivity index is 2.12. The normalized spacial score (nSPS) is 12.2. The van der Waals surface area contributed by atoms with E-state index in [1.54, 1.807) is 7.11 Å². The Kier molecular flexibility index (Phi) is 2.56. The molecule has 0 aliphatic heterocycles. The number of aromatic nitrogens is 3. The molecule has 0 amide bonds. The number of hydrogen-bond donors (Lipinski definition) is 0. The maximum atomic E-state index is 11.9. The van der Waals surface area contributed by atoms with Crippen molar-refractivity contribution in [1.29, 1.82) is 0 Å². The molecule has 90 valence electrons. The fourth-order valence-corrected chi connectivity index (χ4v) is 2.51. The van der Waals surface area contributed by atoms with E-state index in [1.165, 1.54) is 22.2 Å². The lowest BCUT2D eigenvalue weighted by Gasteiger charge is -1.98. The van der Waals surface area contributed by atoms with Crippen LogP contribution < -0.4 is 14.8 Å². The molecular weight excluding hydrogens is 250 g/mol. The molecule has 0 N–H and O–H groups in total. The highest BCUT2D eigenvalue weighted by molar-refractivity contribution is 7.15. The summed E-state index contributed by atoms with van der Waals surface area (Å²) in [4.78, 5) is 16.5. The molecule has 3 aromatic rings. The highest BCUT2D eigenvalue weighted by Crippen LogP contribution is 2.11. The van der Waals surface area contributed by atoms with Crippen LogP contribution >= 0.6 is 11.3 Å². The van der Waals surface area contributed by atoms with E-state index < -0.39 is 0 Å². The molecule has 0 bridgehead atoms. The Morgan fingerprint density at radius 2 is 2.11 bits per heavy atom. The maximum absolute atomic E-state index is 11.9. The van der Waals surface area contributed by atoms with Gasteiger partial charge in [0.1, 0.15) is 12.1 Å². The minimum Gasteiger partial charge on any atom is -0.497 e. The Labute approximate surface area is 106 Å². The molecule has 2 aromatic heterocycles. The topological polar surface area (TPSA) is 56.5 Å². The van der Waals surface area contributed by atoms with Gasteiger partial charge in [-0.15, -0.1) is 0 Å². The fourth-order valence-electron chi connectivity index (χ4n) is 1.63. The fraction of sp³-hybridized carbons (Fsp3) is 0.0833. The van der Waals surface area contributed by atoms with Crippen LogP contribution in [-0.4, -0.2) is 21.7 Å². The molecule has 2 heterocycles.